The molecule has 3 heterocycles. The van der Waals surface area contributed by atoms with Crippen LogP contribution >= 0.6 is 11.8 Å². The van der Waals surface area contributed by atoms with Crippen LogP contribution in [0.25, 0.3) is 16.6 Å². The highest BCUT2D eigenvalue weighted by Crippen LogP contribution is 2.29. The first-order chi connectivity index (χ1) is 13.4. The lowest BCUT2D eigenvalue weighted by Gasteiger charge is -2.39. The van der Waals surface area contributed by atoms with Crippen molar-refractivity contribution in [2.75, 3.05) is 5.75 Å². The lowest BCUT2D eigenvalue weighted by atomic mass is 9.98. The molecule has 5 nitrogen and oxygen atoms in total. The fourth-order valence-electron chi connectivity index (χ4n) is 4.56. The maximum Gasteiger partial charge on any atom is 0.233 e. The van der Waals surface area contributed by atoms with Crippen LogP contribution < -0.4 is 0 Å². The number of rotatable bonds is 3. The van der Waals surface area contributed by atoms with Crippen LogP contribution in [0.15, 0.2) is 23.4 Å². The van der Waals surface area contributed by atoms with Gasteiger partial charge in [0.15, 0.2) is 10.8 Å². The van der Waals surface area contributed by atoms with E-state index in [0.717, 1.165) is 34.7 Å². The zero-order chi connectivity index (χ0) is 20.0. The van der Waals surface area contributed by atoms with Crippen LogP contribution in [-0.4, -0.2) is 43.2 Å². The van der Waals surface area contributed by atoms with Crippen LogP contribution in [0.4, 0.5) is 0 Å². The Kier molecular flexibility index (Phi) is 5.08. The number of amides is 1. The maximum atomic E-state index is 12.9. The molecule has 0 spiro atoms. The monoisotopic (exact) mass is 396 g/mol. The summed E-state index contributed by atoms with van der Waals surface area (Å²) in [6, 6.07) is 7.21. The summed E-state index contributed by atoms with van der Waals surface area (Å²) < 4.78 is 2.12. The van der Waals surface area contributed by atoms with E-state index in [0.29, 0.717) is 17.8 Å². The molecule has 2 atom stereocenters. The fourth-order valence-corrected chi connectivity index (χ4v) is 5.37. The Balaban J connectivity index is 1.69. The Hall–Kier alpha value is -2.08. The number of carbonyl (C=O) groups excluding carboxylic acids is 1. The SMILES string of the molecule is Cc1cc(C)c2cc(C)c3nnc(SCC(=O)N4[C@@H](C)CCC[C@@H]4C)n3c2c1. The average Bonchev–Trinajstić information content (AvgIpc) is 3.06. The molecule has 0 unspecified atom stereocenters. The Morgan fingerprint density at radius 1 is 1.07 bits per heavy atom. The van der Waals surface area contributed by atoms with E-state index >= 15 is 0 Å². The van der Waals surface area contributed by atoms with Gasteiger partial charge in [0, 0.05) is 17.5 Å². The fraction of sp³-hybridized carbons (Fsp3) is 0.500. The summed E-state index contributed by atoms with van der Waals surface area (Å²) in [5.41, 5.74) is 5.54. The van der Waals surface area contributed by atoms with Gasteiger partial charge in [0.05, 0.1) is 11.3 Å². The largest absolute Gasteiger partial charge is 0.337 e. The van der Waals surface area contributed by atoms with Crippen molar-refractivity contribution in [3.63, 3.8) is 0 Å². The molecule has 3 aromatic rings. The molecule has 0 radical (unpaired) electrons. The number of likely N-dealkylation sites (tertiary alicyclic amines) is 1. The highest BCUT2D eigenvalue weighted by atomic mass is 32.2. The normalized spacial score (nSPS) is 20.2. The molecule has 0 N–H and O–H groups in total. The summed E-state index contributed by atoms with van der Waals surface area (Å²) in [4.78, 5) is 15.0. The lowest BCUT2D eigenvalue weighted by molar-refractivity contribution is -0.134. The number of aryl methyl sites for hydroxylation is 3. The number of piperidine rings is 1. The predicted octanol–water partition coefficient (Wildman–Crippen LogP) is 4.69. The van der Waals surface area contributed by atoms with Gasteiger partial charge in [0.1, 0.15) is 0 Å². The zero-order valence-corrected chi connectivity index (χ0v) is 18.1. The van der Waals surface area contributed by atoms with Gasteiger partial charge in [-0.25, -0.2) is 0 Å². The second-order valence-corrected chi connectivity index (χ2v) is 9.14. The first-order valence-electron chi connectivity index (χ1n) is 10.1. The molecular formula is C22H28N4OS. The van der Waals surface area contributed by atoms with E-state index in [2.05, 4.69) is 72.3 Å². The van der Waals surface area contributed by atoms with Crippen LogP contribution in [0.3, 0.4) is 0 Å². The molecular weight excluding hydrogens is 368 g/mol. The molecule has 4 rings (SSSR count). The molecule has 1 amide bonds. The molecule has 0 aliphatic carbocycles. The Bertz CT molecular complexity index is 1050. The summed E-state index contributed by atoms with van der Waals surface area (Å²) in [5, 5.41) is 10.8. The van der Waals surface area contributed by atoms with Crippen molar-refractivity contribution in [3.05, 3.63) is 34.9 Å². The molecule has 2 aromatic heterocycles. The van der Waals surface area contributed by atoms with E-state index in [-0.39, 0.29) is 5.91 Å². The first kappa shape index (κ1) is 19.2. The standard InChI is InChI=1S/C22H28N4OS/c1-13-9-14(2)18-11-15(3)21-23-24-22(26(21)19(18)10-13)28-12-20(27)25-16(4)7-6-8-17(25)5/h9-11,16-17H,6-8,12H2,1-5H3/t16-,17-/m0/s1. The third-order valence-corrected chi connectivity index (χ3v) is 6.82. The number of nitrogens with zero attached hydrogens (tertiary/aromatic N) is 4. The van der Waals surface area contributed by atoms with Gasteiger partial charge < -0.3 is 4.90 Å². The maximum absolute atomic E-state index is 12.9. The highest BCUT2D eigenvalue weighted by Gasteiger charge is 2.29. The summed E-state index contributed by atoms with van der Waals surface area (Å²) in [5.74, 6) is 0.598. The van der Waals surface area contributed by atoms with E-state index < -0.39 is 0 Å². The Morgan fingerprint density at radius 2 is 1.79 bits per heavy atom. The van der Waals surface area contributed by atoms with Gasteiger partial charge in [-0.05, 0) is 82.7 Å². The third kappa shape index (κ3) is 3.28. The number of benzene rings is 1. The molecule has 28 heavy (non-hydrogen) atoms. The van der Waals surface area contributed by atoms with Gasteiger partial charge in [-0.3, -0.25) is 9.20 Å². The van der Waals surface area contributed by atoms with E-state index in [4.69, 9.17) is 0 Å². The minimum atomic E-state index is 0.200. The van der Waals surface area contributed by atoms with Crippen molar-refractivity contribution in [1.82, 2.24) is 19.5 Å². The van der Waals surface area contributed by atoms with Crippen molar-refractivity contribution >= 4 is 34.2 Å². The molecule has 1 saturated heterocycles. The van der Waals surface area contributed by atoms with Gasteiger partial charge in [-0.1, -0.05) is 17.8 Å². The number of hydrogen-bond acceptors (Lipinski definition) is 4. The summed E-state index contributed by atoms with van der Waals surface area (Å²) in [6.07, 6.45) is 3.39. The summed E-state index contributed by atoms with van der Waals surface area (Å²) in [7, 11) is 0. The van der Waals surface area contributed by atoms with Crippen molar-refractivity contribution in [2.24, 2.45) is 0 Å². The van der Waals surface area contributed by atoms with Crippen LogP contribution in [0.1, 0.15) is 49.8 Å². The van der Waals surface area contributed by atoms with E-state index in [9.17, 15) is 4.79 Å². The Labute approximate surface area is 170 Å². The van der Waals surface area contributed by atoms with E-state index in [1.165, 1.54) is 34.7 Å². The number of pyridine rings is 1. The van der Waals surface area contributed by atoms with Gasteiger partial charge in [-0.15, -0.1) is 10.2 Å². The van der Waals surface area contributed by atoms with Crippen LogP contribution in [0.5, 0.6) is 0 Å². The first-order valence-corrected chi connectivity index (χ1v) is 11.0. The average molecular weight is 397 g/mol. The number of carbonyl (C=O) groups is 1. The highest BCUT2D eigenvalue weighted by molar-refractivity contribution is 7.99. The molecule has 1 fully saturated rings. The molecule has 6 heteroatoms. The smallest absolute Gasteiger partial charge is 0.233 e. The predicted molar refractivity (Wildman–Crippen MR) is 115 cm³/mol. The number of thioether (sulfide) groups is 1. The molecule has 1 aliphatic rings. The Morgan fingerprint density at radius 3 is 2.50 bits per heavy atom. The zero-order valence-electron chi connectivity index (χ0n) is 17.3. The van der Waals surface area contributed by atoms with Crippen molar-refractivity contribution in [2.45, 2.75) is 71.1 Å². The molecule has 0 saturated carbocycles. The third-order valence-electron chi connectivity index (χ3n) is 5.90. The number of hydrogen-bond donors (Lipinski definition) is 0. The lowest BCUT2D eigenvalue weighted by Crippen LogP contribution is -2.48. The van der Waals surface area contributed by atoms with Crippen LogP contribution in [0.2, 0.25) is 0 Å². The van der Waals surface area contributed by atoms with Crippen molar-refractivity contribution < 1.29 is 4.79 Å². The van der Waals surface area contributed by atoms with Gasteiger partial charge in [0.2, 0.25) is 5.91 Å². The molecule has 1 aromatic carbocycles. The van der Waals surface area contributed by atoms with Crippen molar-refractivity contribution in [1.29, 1.82) is 0 Å². The molecule has 1 aliphatic heterocycles. The molecule has 148 valence electrons. The minimum Gasteiger partial charge on any atom is -0.337 e. The van der Waals surface area contributed by atoms with E-state index in [1.54, 1.807) is 0 Å². The van der Waals surface area contributed by atoms with Crippen LogP contribution in [0, 0.1) is 20.8 Å². The van der Waals surface area contributed by atoms with Gasteiger partial charge >= 0.3 is 0 Å². The second kappa shape index (κ2) is 7.39. The number of aromatic nitrogens is 3. The summed E-state index contributed by atoms with van der Waals surface area (Å²) in [6.45, 7) is 10.6. The quantitative estimate of drug-likeness (QED) is 0.603. The number of fused-ring (bicyclic) bond motifs is 3. The van der Waals surface area contributed by atoms with Gasteiger partial charge in [0.25, 0.3) is 0 Å². The van der Waals surface area contributed by atoms with Crippen molar-refractivity contribution in [3.8, 4) is 0 Å². The van der Waals surface area contributed by atoms with Crippen LogP contribution in [-0.2, 0) is 4.79 Å². The summed E-state index contributed by atoms with van der Waals surface area (Å²) >= 11 is 1.50. The van der Waals surface area contributed by atoms with Gasteiger partial charge in [-0.2, -0.15) is 0 Å². The topological polar surface area (TPSA) is 50.5 Å². The van der Waals surface area contributed by atoms with E-state index in [1.807, 2.05) is 0 Å². The minimum absolute atomic E-state index is 0.200. The molecule has 0 bridgehead atoms. The second-order valence-electron chi connectivity index (χ2n) is 8.20.